The fourth-order valence-electron chi connectivity index (χ4n) is 2.32. The predicted molar refractivity (Wildman–Crippen MR) is 101 cm³/mol. The van der Waals surface area contributed by atoms with Crippen LogP contribution in [0.3, 0.4) is 0 Å². The normalized spacial score (nSPS) is 17.7. The summed E-state index contributed by atoms with van der Waals surface area (Å²) in [5.74, 6) is -0.447. The number of rotatable bonds is 5. The van der Waals surface area contributed by atoms with Gasteiger partial charge in [0.05, 0.1) is 22.4 Å². The van der Waals surface area contributed by atoms with Gasteiger partial charge in [0, 0.05) is 6.54 Å². The monoisotopic (exact) mass is 368 g/mol. The summed E-state index contributed by atoms with van der Waals surface area (Å²) in [6.45, 7) is 2.34. The van der Waals surface area contributed by atoms with Gasteiger partial charge in [-0.15, -0.1) is 0 Å². The topological polar surface area (TPSA) is 83.1 Å². The van der Waals surface area contributed by atoms with E-state index in [2.05, 4.69) is 4.99 Å². The second kappa shape index (κ2) is 7.88. The Hall–Kier alpha value is -3.06. The van der Waals surface area contributed by atoms with Crippen LogP contribution in [0.25, 0.3) is 6.08 Å². The zero-order valence-electron chi connectivity index (χ0n) is 14.0. The number of hydrogen-bond acceptors (Lipinski definition) is 5. The van der Waals surface area contributed by atoms with Crippen molar-refractivity contribution in [3.05, 3.63) is 71.0 Å². The van der Waals surface area contributed by atoms with E-state index in [0.29, 0.717) is 28.1 Å². The smallest absolute Gasteiger partial charge is 0.335 e. The number of thioether (sulfide) groups is 1. The lowest BCUT2D eigenvalue weighted by atomic mass is 10.2. The molecule has 7 heteroatoms. The van der Waals surface area contributed by atoms with Crippen LogP contribution in [0.1, 0.15) is 23.0 Å². The SMILES string of the molecule is CCN1C(=O)/C(=C/C=C/c2ccco2)SC1=Nc1cccc(C(=O)O)c1. The van der Waals surface area contributed by atoms with E-state index in [1.807, 2.05) is 13.0 Å². The van der Waals surface area contributed by atoms with Crippen LogP contribution in [0.15, 0.2) is 69.1 Å². The molecular formula is C19H16N2O4S. The number of amidine groups is 1. The van der Waals surface area contributed by atoms with E-state index >= 15 is 0 Å². The van der Waals surface area contributed by atoms with Crippen LogP contribution in [0.2, 0.25) is 0 Å². The molecular weight excluding hydrogens is 352 g/mol. The van der Waals surface area contributed by atoms with E-state index < -0.39 is 5.97 Å². The second-order valence-corrected chi connectivity index (χ2v) is 6.32. The third-order valence-electron chi connectivity index (χ3n) is 3.57. The van der Waals surface area contributed by atoms with Crippen molar-refractivity contribution in [2.45, 2.75) is 6.92 Å². The third kappa shape index (κ3) is 3.94. The molecule has 6 nitrogen and oxygen atoms in total. The maximum atomic E-state index is 12.5. The Morgan fingerprint density at radius 3 is 2.88 bits per heavy atom. The van der Waals surface area contributed by atoms with Crippen LogP contribution in [0, 0.1) is 0 Å². The predicted octanol–water partition coefficient (Wildman–Crippen LogP) is 4.16. The summed E-state index contributed by atoms with van der Waals surface area (Å²) in [7, 11) is 0. The molecule has 1 aliphatic rings. The van der Waals surface area contributed by atoms with Crippen LogP contribution >= 0.6 is 11.8 Å². The first-order valence-electron chi connectivity index (χ1n) is 7.92. The van der Waals surface area contributed by atoms with Gasteiger partial charge in [-0.1, -0.05) is 12.1 Å². The summed E-state index contributed by atoms with van der Waals surface area (Å²) < 4.78 is 5.21. The van der Waals surface area contributed by atoms with Crippen LogP contribution < -0.4 is 0 Å². The highest BCUT2D eigenvalue weighted by Gasteiger charge is 2.31. The number of aliphatic imine (C=N–C) groups is 1. The molecule has 3 rings (SSSR count). The lowest BCUT2D eigenvalue weighted by Gasteiger charge is -2.12. The lowest BCUT2D eigenvalue weighted by molar-refractivity contribution is -0.122. The van der Waals surface area contributed by atoms with E-state index in [0.717, 1.165) is 0 Å². The molecule has 0 aliphatic carbocycles. The van der Waals surface area contributed by atoms with Gasteiger partial charge in [0.1, 0.15) is 5.76 Å². The number of furan rings is 1. The molecule has 0 saturated carbocycles. The van der Waals surface area contributed by atoms with Crippen molar-refractivity contribution in [1.29, 1.82) is 0 Å². The molecule has 0 bridgehead atoms. The van der Waals surface area contributed by atoms with Crippen molar-refractivity contribution in [2.24, 2.45) is 4.99 Å². The van der Waals surface area contributed by atoms with Crippen molar-refractivity contribution >= 4 is 40.6 Å². The van der Waals surface area contributed by atoms with Crippen molar-refractivity contribution < 1.29 is 19.1 Å². The van der Waals surface area contributed by atoms with E-state index in [1.54, 1.807) is 47.6 Å². The first kappa shape index (κ1) is 17.8. The molecule has 1 aromatic carbocycles. The zero-order valence-corrected chi connectivity index (χ0v) is 14.8. The minimum atomic E-state index is -1.02. The lowest BCUT2D eigenvalue weighted by Crippen LogP contribution is -2.28. The summed E-state index contributed by atoms with van der Waals surface area (Å²) in [6.07, 6.45) is 6.81. The number of carbonyl (C=O) groups excluding carboxylic acids is 1. The van der Waals surface area contributed by atoms with E-state index in [9.17, 15) is 9.59 Å². The first-order chi connectivity index (χ1) is 12.6. The van der Waals surface area contributed by atoms with Crippen molar-refractivity contribution in [3.8, 4) is 0 Å². The summed E-state index contributed by atoms with van der Waals surface area (Å²) in [5.41, 5.74) is 0.646. The van der Waals surface area contributed by atoms with E-state index in [4.69, 9.17) is 9.52 Å². The molecule has 0 radical (unpaired) electrons. The molecule has 2 aromatic rings. The van der Waals surface area contributed by atoms with Crippen molar-refractivity contribution in [1.82, 2.24) is 4.90 Å². The van der Waals surface area contributed by atoms with Gasteiger partial charge in [-0.2, -0.15) is 0 Å². The molecule has 1 amide bonds. The third-order valence-corrected chi connectivity index (χ3v) is 4.60. The maximum absolute atomic E-state index is 12.5. The Bertz CT molecular complexity index is 913. The number of carboxylic acid groups (broad SMARTS) is 1. The number of likely N-dealkylation sites (N-methyl/N-ethyl adjacent to an activating group) is 1. The Morgan fingerprint density at radius 1 is 1.35 bits per heavy atom. The average molecular weight is 368 g/mol. The van der Waals surface area contributed by atoms with Crippen molar-refractivity contribution in [3.63, 3.8) is 0 Å². The number of carbonyl (C=O) groups is 2. The largest absolute Gasteiger partial charge is 0.478 e. The van der Waals surface area contributed by atoms with Gasteiger partial charge in [0.2, 0.25) is 0 Å². The summed E-state index contributed by atoms with van der Waals surface area (Å²) in [4.78, 5) is 30.2. The summed E-state index contributed by atoms with van der Waals surface area (Å²) >= 11 is 1.26. The number of allylic oxidation sites excluding steroid dienone is 2. The fourth-order valence-corrected chi connectivity index (χ4v) is 3.33. The molecule has 1 aliphatic heterocycles. The van der Waals surface area contributed by atoms with Crippen LogP contribution in [0.5, 0.6) is 0 Å². The van der Waals surface area contributed by atoms with Gasteiger partial charge in [-0.05, 0) is 61.2 Å². The summed E-state index contributed by atoms with van der Waals surface area (Å²) in [6, 6.07) is 9.92. The molecule has 1 aromatic heterocycles. The highest BCUT2D eigenvalue weighted by Crippen LogP contribution is 2.32. The molecule has 0 unspecified atom stereocenters. The summed E-state index contributed by atoms with van der Waals surface area (Å²) in [5, 5.41) is 9.61. The molecule has 1 saturated heterocycles. The Labute approximate surface area is 154 Å². The van der Waals surface area contributed by atoms with Crippen molar-refractivity contribution in [2.75, 3.05) is 6.54 Å². The molecule has 2 heterocycles. The fraction of sp³-hybridized carbons (Fsp3) is 0.105. The number of amides is 1. The van der Waals surface area contributed by atoms with Gasteiger partial charge >= 0.3 is 5.97 Å². The van der Waals surface area contributed by atoms with Gasteiger partial charge in [0.15, 0.2) is 5.17 Å². The molecule has 0 atom stereocenters. The van der Waals surface area contributed by atoms with Crippen LogP contribution in [-0.4, -0.2) is 33.6 Å². The zero-order chi connectivity index (χ0) is 18.5. The number of nitrogens with zero attached hydrogens (tertiary/aromatic N) is 2. The first-order valence-corrected chi connectivity index (χ1v) is 8.73. The number of carboxylic acids is 1. The quantitative estimate of drug-likeness (QED) is 0.801. The Balaban J connectivity index is 1.85. The number of benzene rings is 1. The molecule has 1 fully saturated rings. The standard InChI is InChI=1S/C19H16N2O4S/c1-2-21-17(22)16(10-4-8-15-9-5-11-25-15)26-19(21)20-14-7-3-6-13(12-14)18(23)24/h3-12H,2H2,1H3,(H,23,24)/b8-4+,16-10-,20-19?. The van der Waals surface area contributed by atoms with Gasteiger partial charge in [-0.3, -0.25) is 9.69 Å². The maximum Gasteiger partial charge on any atom is 0.335 e. The Morgan fingerprint density at radius 2 is 2.19 bits per heavy atom. The molecule has 132 valence electrons. The second-order valence-electron chi connectivity index (χ2n) is 5.31. The Kier molecular flexibility index (Phi) is 5.38. The minimum Gasteiger partial charge on any atom is -0.478 e. The minimum absolute atomic E-state index is 0.130. The van der Waals surface area contributed by atoms with Gasteiger partial charge in [-0.25, -0.2) is 9.79 Å². The highest BCUT2D eigenvalue weighted by atomic mass is 32.2. The van der Waals surface area contributed by atoms with Gasteiger partial charge < -0.3 is 9.52 Å². The van der Waals surface area contributed by atoms with E-state index in [-0.39, 0.29) is 11.5 Å². The molecule has 1 N–H and O–H groups in total. The average Bonchev–Trinajstić information content (AvgIpc) is 3.24. The van der Waals surface area contributed by atoms with Crippen LogP contribution in [0.4, 0.5) is 5.69 Å². The molecule has 0 spiro atoms. The number of aromatic carboxylic acids is 1. The van der Waals surface area contributed by atoms with E-state index in [1.165, 1.54) is 23.9 Å². The molecule has 26 heavy (non-hydrogen) atoms. The number of hydrogen-bond donors (Lipinski definition) is 1. The van der Waals surface area contributed by atoms with Gasteiger partial charge in [0.25, 0.3) is 5.91 Å². The van der Waals surface area contributed by atoms with Crippen LogP contribution in [-0.2, 0) is 4.79 Å². The highest BCUT2D eigenvalue weighted by molar-refractivity contribution is 8.18.